The molecule has 0 aliphatic heterocycles. The van der Waals surface area contributed by atoms with Crippen LogP contribution in [0.3, 0.4) is 0 Å². The smallest absolute Gasteiger partial charge is 0.242 e. The van der Waals surface area contributed by atoms with Crippen molar-refractivity contribution < 1.29 is 13.2 Å². The lowest BCUT2D eigenvalue weighted by molar-refractivity contribution is 0.282. The van der Waals surface area contributed by atoms with Crippen LogP contribution in [0.2, 0.25) is 10.0 Å². The quantitative estimate of drug-likeness (QED) is 0.691. The number of sulfonamides is 1. The van der Waals surface area contributed by atoms with E-state index >= 15 is 0 Å². The lowest BCUT2D eigenvalue weighted by atomic mass is 10.2. The highest BCUT2D eigenvalue weighted by molar-refractivity contribution is 7.89. The standard InChI is InChI=1S/C17H17Cl2N3O3S/c18-13-5-6-17(15(19)9-13)26(23,24)22-8-7-14(21)11-25-16-4-2-1-3-12(16)10-20/h1-6,9,14,22H,7-8,11,21H2. The van der Waals surface area contributed by atoms with E-state index in [0.717, 1.165) is 0 Å². The normalized spacial score (nSPS) is 12.4. The summed E-state index contributed by atoms with van der Waals surface area (Å²) in [5.74, 6) is 0.443. The highest BCUT2D eigenvalue weighted by Gasteiger charge is 2.18. The summed E-state index contributed by atoms with van der Waals surface area (Å²) >= 11 is 11.7. The molecule has 0 bridgehead atoms. The van der Waals surface area contributed by atoms with Crippen LogP contribution in [0.4, 0.5) is 0 Å². The van der Waals surface area contributed by atoms with Gasteiger partial charge in [0.25, 0.3) is 0 Å². The van der Waals surface area contributed by atoms with Crippen LogP contribution in [0.25, 0.3) is 0 Å². The minimum Gasteiger partial charge on any atom is -0.491 e. The summed E-state index contributed by atoms with van der Waals surface area (Å²) in [6.45, 7) is 0.272. The van der Waals surface area contributed by atoms with Crippen molar-refractivity contribution >= 4 is 33.2 Å². The first-order valence-electron chi connectivity index (χ1n) is 7.65. The number of nitrogens with two attached hydrogens (primary N) is 1. The number of rotatable bonds is 8. The Hall–Kier alpha value is -1.82. The Kier molecular flexibility index (Phi) is 7.26. The fourth-order valence-electron chi connectivity index (χ4n) is 2.11. The Balaban J connectivity index is 1.86. The summed E-state index contributed by atoms with van der Waals surface area (Å²) in [4.78, 5) is -0.0451. The van der Waals surface area contributed by atoms with Crippen molar-refractivity contribution in [3.63, 3.8) is 0 Å². The van der Waals surface area contributed by atoms with Crippen LogP contribution in [0.5, 0.6) is 5.75 Å². The van der Waals surface area contributed by atoms with E-state index in [1.807, 2.05) is 6.07 Å². The van der Waals surface area contributed by atoms with Crippen molar-refractivity contribution in [1.29, 1.82) is 5.26 Å². The van der Waals surface area contributed by atoms with Gasteiger partial charge < -0.3 is 10.5 Å². The van der Waals surface area contributed by atoms with Gasteiger partial charge >= 0.3 is 0 Å². The third-order valence-corrected chi connectivity index (χ3v) is 5.63. The van der Waals surface area contributed by atoms with Gasteiger partial charge in [-0.2, -0.15) is 5.26 Å². The van der Waals surface area contributed by atoms with Crippen LogP contribution in [0, 0.1) is 11.3 Å². The molecule has 0 saturated heterocycles. The zero-order valence-corrected chi connectivity index (χ0v) is 16.0. The lowest BCUT2D eigenvalue weighted by Gasteiger charge is -2.14. The maximum Gasteiger partial charge on any atom is 0.242 e. The van der Waals surface area contributed by atoms with Crippen LogP contribution in [0.1, 0.15) is 12.0 Å². The minimum absolute atomic E-state index is 0.0451. The molecule has 0 amide bonds. The van der Waals surface area contributed by atoms with Gasteiger partial charge in [0.2, 0.25) is 10.0 Å². The number of nitrogens with zero attached hydrogens (tertiary/aromatic N) is 1. The molecule has 0 aliphatic rings. The maximum absolute atomic E-state index is 12.3. The number of halogens is 2. The predicted molar refractivity (Wildman–Crippen MR) is 101 cm³/mol. The lowest BCUT2D eigenvalue weighted by Crippen LogP contribution is -2.34. The summed E-state index contributed by atoms with van der Waals surface area (Å²) in [7, 11) is -3.76. The second kappa shape index (κ2) is 9.21. The van der Waals surface area contributed by atoms with Crippen LogP contribution in [0.15, 0.2) is 47.4 Å². The fraction of sp³-hybridized carbons (Fsp3) is 0.235. The number of ether oxygens (including phenoxy) is 1. The van der Waals surface area contributed by atoms with Crippen molar-refractivity contribution in [2.75, 3.05) is 13.2 Å². The molecule has 0 radical (unpaired) electrons. The summed E-state index contributed by atoms with van der Waals surface area (Å²) in [5, 5.41) is 9.40. The Morgan fingerprint density at radius 2 is 1.96 bits per heavy atom. The van der Waals surface area contributed by atoms with Gasteiger partial charge in [0.05, 0.1) is 10.6 Å². The van der Waals surface area contributed by atoms with Crippen molar-refractivity contribution in [2.24, 2.45) is 5.73 Å². The molecule has 0 fully saturated rings. The molecular formula is C17H17Cl2N3O3S. The molecule has 9 heteroatoms. The highest BCUT2D eigenvalue weighted by atomic mass is 35.5. The molecule has 1 atom stereocenters. The molecule has 26 heavy (non-hydrogen) atoms. The number of para-hydroxylation sites is 1. The van der Waals surface area contributed by atoms with Crippen LogP contribution in [-0.2, 0) is 10.0 Å². The number of nitrogens with one attached hydrogen (secondary N) is 1. The second-order valence-corrected chi connectivity index (χ2v) is 8.02. The van der Waals surface area contributed by atoms with Gasteiger partial charge in [-0.15, -0.1) is 0 Å². The predicted octanol–water partition coefficient (Wildman–Crippen LogP) is 2.94. The average Bonchev–Trinajstić information content (AvgIpc) is 2.59. The first-order chi connectivity index (χ1) is 12.3. The molecule has 0 heterocycles. The second-order valence-electron chi connectivity index (χ2n) is 5.44. The van der Waals surface area contributed by atoms with Crippen molar-refractivity contribution in [3.05, 3.63) is 58.1 Å². The average molecular weight is 414 g/mol. The van der Waals surface area contributed by atoms with Gasteiger partial charge in [0.1, 0.15) is 23.3 Å². The summed E-state index contributed by atoms with van der Waals surface area (Å²) in [6.07, 6.45) is 0.346. The Morgan fingerprint density at radius 3 is 2.65 bits per heavy atom. The third-order valence-electron chi connectivity index (χ3n) is 3.45. The van der Waals surface area contributed by atoms with Crippen molar-refractivity contribution in [1.82, 2.24) is 4.72 Å². The van der Waals surface area contributed by atoms with E-state index in [1.54, 1.807) is 24.3 Å². The molecule has 0 aliphatic carbocycles. The molecule has 6 nitrogen and oxygen atoms in total. The van der Waals surface area contributed by atoms with Crippen molar-refractivity contribution in [3.8, 4) is 11.8 Å². The van der Waals surface area contributed by atoms with Gasteiger partial charge in [-0.25, -0.2) is 13.1 Å². The molecule has 2 rings (SSSR count). The molecule has 0 saturated carbocycles. The topological polar surface area (TPSA) is 105 Å². The molecule has 0 aromatic heterocycles. The third kappa shape index (κ3) is 5.59. The largest absolute Gasteiger partial charge is 0.491 e. The number of hydrogen-bond acceptors (Lipinski definition) is 5. The zero-order valence-electron chi connectivity index (χ0n) is 13.7. The number of hydrogen-bond donors (Lipinski definition) is 2. The van der Waals surface area contributed by atoms with Crippen LogP contribution >= 0.6 is 23.2 Å². The monoisotopic (exact) mass is 413 g/mol. The van der Waals surface area contributed by atoms with Gasteiger partial charge in [-0.3, -0.25) is 0 Å². The van der Waals surface area contributed by atoms with E-state index in [9.17, 15) is 8.42 Å². The van der Waals surface area contributed by atoms with E-state index in [-0.39, 0.29) is 23.1 Å². The van der Waals surface area contributed by atoms with Gasteiger partial charge in [-0.1, -0.05) is 35.3 Å². The molecule has 2 aromatic rings. The van der Waals surface area contributed by atoms with Gasteiger partial charge in [-0.05, 0) is 36.8 Å². The molecule has 0 spiro atoms. The summed E-state index contributed by atoms with van der Waals surface area (Å²) in [6, 6.07) is 12.6. The Bertz CT molecular complexity index is 914. The van der Waals surface area contributed by atoms with Gasteiger partial charge in [0, 0.05) is 17.6 Å². The zero-order chi connectivity index (χ0) is 19.2. The molecule has 1 unspecified atom stereocenters. The SMILES string of the molecule is N#Cc1ccccc1OCC(N)CCNS(=O)(=O)c1ccc(Cl)cc1Cl. The van der Waals surface area contributed by atoms with Crippen molar-refractivity contribution in [2.45, 2.75) is 17.4 Å². The first-order valence-corrected chi connectivity index (χ1v) is 9.89. The minimum atomic E-state index is -3.76. The summed E-state index contributed by atoms with van der Waals surface area (Å²) < 4.78 is 32.5. The summed E-state index contributed by atoms with van der Waals surface area (Å²) in [5.41, 5.74) is 6.36. The van der Waals surface area contributed by atoms with Crippen LogP contribution in [-0.4, -0.2) is 27.6 Å². The first kappa shape index (κ1) is 20.5. The van der Waals surface area contributed by atoms with Crippen LogP contribution < -0.4 is 15.2 Å². The number of nitriles is 1. The molecule has 138 valence electrons. The Labute approximate surface area is 162 Å². The fourth-order valence-corrected chi connectivity index (χ4v) is 3.93. The molecule has 2 aromatic carbocycles. The number of benzene rings is 2. The van der Waals surface area contributed by atoms with E-state index in [0.29, 0.717) is 22.8 Å². The van der Waals surface area contributed by atoms with E-state index < -0.39 is 16.1 Å². The van der Waals surface area contributed by atoms with E-state index in [4.69, 9.17) is 38.9 Å². The highest BCUT2D eigenvalue weighted by Crippen LogP contribution is 2.24. The van der Waals surface area contributed by atoms with E-state index in [2.05, 4.69) is 4.72 Å². The van der Waals surface area contributed by atoms with E-state index in [1.165, 1.54) is 18.2 Å². The maximum atomic E-state index is 12.3. The molecule has 3 N–H and O–H groups in total. The Morgan fingerprint density at radius 1 is 1.23 bits per heavy atom. The van der Waals surface area contributed by atoms with Gasteiger partial charge in [0.15, 0.2) is 0 Å². The molecular weight excluding hydrogens is 397 g/mol.